The molecule has 7 nitrogen and oxygen atoms in total. The standard InChI is InChI=1S/C24H36N4O3/c1-24(2,3)31-23(29)16-27-10-8-21(9-11-27)30-17-18-6-12-28(13-7-18)22-5-4-20(26)14-19(22)15-25/h4-5,14,18,21H,6-13,16-17,26H2,1-3H3. The highest BCUT2D eigenvalue weighted by molar-refractivity contribution is 5.72. The second kappa shape index (κ2) is 10.3. The number of esters is 1. The normalized spacial score (nSPS) is 19.2. The molecule has 1 aromatic carbocycles. The topological polar surface area (TPSA) is 91.8 Å². The Morgan fingerprint density at radius 1 is 1.16 bits per heavy atom. The predicted molar refractivity (Wildman–Crippen MR) is 122 cm³/mol. The Balaban J connectivity index is 1.36. The first-order chi connectivity index (χ1) is 14.7. The van der Waals surface area contributed by atoms with Gasteiger partial charge in [0.1, 0.15) is 11.7 Å². The van der Waals surface area contributed by atoms with Crippen LogP contribution in [0.15, 0.2) is 18.2 Å². The Labute approximate surface area is 186 Å². The number of ether oxygens (including phenoxy) is 2. The Bertz CT molecular complexity index is 783. The molecule has 0 bridgehead atoms. The molecular formula is C24H36N4O3. The SMILES string of the molecule is CC(C)(C)OC(=O)CN1CCC(OCC2CCN(c3ccc(N)cc3C#N)CC2)CC1. The van der Waals surface area contributed by atoms with Crippen molar-refractivity contribution >= 4 is 17.3 Å². The lowest BCUT2D eigenvalue weighted by Gasteiger charge is -2.36. The largest absolute Gasteiger partial charge is 0.459 e. The summed E-state index contributed by atoms with van der Waals surface area (Å²) in [6.07, 6.45) is 4.31. The molecule has 2 saturated heterocycles. The van der Waals surface area contributed by atoms with E-state index in [9.17, 15) is 10.1 Å². The molecule has 1 aromatic rings. The molecule has 2 fully saturated rings. The summed E-state index contributed by atoms with van der Waals surface area (Å²) in [5.74, 6) is 0.398. The molecule has 170 valence electrons. The number of nitrogen functional groups attached to an aromatic ring is 1. The van der Waals surface area contributed by atoms with Gasteiger partial charge in [-0.05, 0) is 70.6 Å². The number of hydrogen-bond donors (Lipinski definition) is 1. The average molecular weight is 429 g/mol. The third-order valence-electron chi connectivity index (χ3n) is 5.97. The summed E-state index contributed by atoms with van der Waals surface area (Å²) in [5, 5.41) is 9.39. The lowest BCUT2D eigenvalue weighted by atomic mass is 9.96. The van der Waals surface area contributed by atoms with Gasteiger partial charge in [0.25, 0.3) is 0 Å². The highest BCUT2D eigenvalue weighted by Gasteiger charge is 2.26. The van der Waals surface area contributed by atoms with Gasteiger partial charge < -0.3 is 20.1 Å². The van der Waals surface area contributed by atoms with E-state index in [1.54, 1.807) is 6.07 Å². The van der Waals surface area contributed by atoms with E-state index >= 15 is 0 Å². The average Bonchev–Trinajstić information content (AvgIpc) is 2.72. The highest BCUT2D eigenvalue weighted by atomic mass is 16.6. The summed E-state index contributed by atoms with van der Waals surface area (Å²) in [5.41, 5.74) is 7.63. The fraction of sp³-hybridized carbons (Fsp3) is 0.667. The molecule has 2 aliphatic rings. The molecule has 31 heavy (non-hydrogen) atoms. The lowest BCUT2D eigenvalue weighted by molar-refractivity contribution is -0.156. The van der Waals surface area contributed by atoms with Crippen molar-refractivity contribution < 1.29 is 14.3 Å². The van der Waals surface area contributed by atoms with Gasteiger partial charge in [-0.25, -0.2) is 0 Å². The van der Waals surface area contributed by atoms with Gasteiger partial charge in [0.2, 0.25) is 0 Å². The van der Waals surface area contributed by atoms with Crippen LogP contribution in [0.2, 0.25) is 0 Å². The van der Waals surface area contributed by atoms with Gasteiger partial charge in [-0.2, -0.15) is 5.26 Å². The maximum Gasteiger partial charge on any atom is 0.320 e. The van der Waals surface area contributed by atoms with Crippen molar-refractivity contribution in [1.82, 2.24) is 4.90 Å². The van der Waals surface area contributed by atoms with E-state index in [1.807, 2.05) is 32.9 Å². The molecular weight excluding hydrogens is 392 g/mol. The number of anilines is 2. The second-order valence-corrected chi connectivity index (χ2v) is 9.71. The van der Waals surface area contributed by atoms with Gasteiger partial charge in [-0.15, -0.1) is 0 Å². The maximum absolute atomic E-state index is 12.0. The number of hydrogen-bond acceptors (Lipinski definition) is 7. The van der Waals surface area contributed by atoms with E-state index in [1.165, 1.54) is 0 Å². The van der Waals surface area contributed by atoms with Crippen molar-refractivity contribution in [2.75, 3.05) is 50.0 Å². The molecule has 0 aliphatic carbocycles. The lowest BCUT2D eigenvalue weighted by Crippen LogP contribution is -2.42. The quantitative estimate of drug-likeness (QED) is 0.549. The molecule has 0 amide bonds. The number of rotatable bonds is 6. The molecule has 2 heterocycles. The van der Waals surface area contributed by atoms with Crippen LogP contribution in [-0.4, -0.2) is 61.9 Å². The molecule has 2 aliphatic heterocycles. The van der Waals surface area contributed by atoms with Crippen LogP contribution < -0.4 is 10.6 Å². The Morgan fingerprint density at radius 3 is 2.45 bits per heavy atom. The van der Waals surface area contributed by atoms with Crippen molar-refractivity contribution in [2.45, 2.75) is 58.2 Å². The smallest absolute Gasteiger partial charge is 0.320 e. The molecule has 0 radical (unpaired) electrons. The van der Waals surface area contributed by atoms with E-state index in [0.29, 0.717) is 23.7 Å². The minimum absolute atomic E-state index is 0.153. The molecule has 0 unspecified atom stereocenters. The van der Waals surface area contributed by atoms with Crippen LogP contribution in [0.5, 0.6) is 0 Å². The summed E-state index contributed by atoms with van der Waals surface area (Å²) < 4.78 is 11.6. The summed E-state index contributed by atoms with van der Waals surface area (Å²) in [6.45, 7) is 10.4. The number of carbonyl (C=O) groups is 1. The van der Waals surface area contributed by atoms with Crippen LogP contribution in [0.1, 0.15) is 52.0 Å². The zero-order chi connectivity index (χ0) is 22.4. The van der Waals surface area contributed by atoms with E-state index in [2.05, 4.69) is 15.9 Å². The summed E-state index contributed by atoms with van der Waals surface area (Å²) in [6, 6.07) is 7.83. The van der Waals surface area contributed by atoms with Gasteiger partial charge in [-0.3, -0.25) is 9.69 Å². The maximum atomic E-state index is 12.0. The number of piperidine rings is 2. The molecule has 0 spiro atoms. The highest BCUT2D eigenvalue weighted by Crippen LogP contribution is 2.28. The number of nitrogens with zero attached hydrogens (tertiary/aromatic N) is 3. The van der Waals surface area contributed by atoms with Gasteiger partial charge in [0, 0.05) is 38.5 Å². The number of carbonyl (C=O) groups excluding carboxylic acids is 1. The summed E-state index contributed by atoms with van der Waals surface area (Å²) in [7, 11) is 0. The first kappa shape index (κ1) is 23.4. The van der Waals surface area contributed by atoms with E-state index < -0.39 is 5.60 Å². The third kappa shape index (κ3) is 7.12. The first-order valence-corrected chi connectivity index (χ1v) is 11.3. The number of likely N-dealkylation sites (tertiary alicyclic amines) is 1. The summed E-state index contributed by atoms with van der Waals surface area (Å²) >= 11 is 0. The van der Waals surface area contributed by atoms with Gasteiger partial charge in [-0.1, -0.05) is 0 Å². The Kier molecular flexibility index (Phi) is 7.79. The summed E-state index contributed by atoms with van der Waals surface area (Å²) in [4.78, 5) is 16.4. The zero-order valence-electron chi connectivity index (χ0n) is 19.1. The van der Waals surface area contributed by atoms with Crippen LogP contribution >= 0.6 is 0 Å². The van der Waals surface area contributed by atoms with E-state index in [-0.39, 0.29) is 12.1 Å². The first-order valence-electron chi connectivity index (χ1n) is 11.3. The Hall–Kier alpha value is -2.30. The molecule has 0 saturated carbocycles. The van der Waals surface area contributed by atoms with Crippen LogP contribution in [-0.2, 0) is 14.3 Å². The second-order valence-electron chi connectivity index (χ2n) is 9.71. The number of nitrogens with two attached hydrogens (primary N) is 1. The van der Waals surface area contributed by atoms with Crippen LogP contribution in [0.4, 0.5) is 11.4 Å². The third-order valence-corrected chi connectivity index (χ3v) is 5.97. The molecule has 7 heteroatoms. The van der Waals surface area contributed by atoms with Crippen molar-refractivity contribution in [2.24, 2.45) is 5.92 Å². The zero-order valence-corrected chi connectivity index (χ0v) is 19.1. The van der Waals surface area contributed by atoms with Gasteiger partial charge in [0.05, 0.1) is 23.9 Å². The van der Waals surface area contributed by atoms with Crippen LogP contribution in [0.25, 0.3) is 0 Å². The molecule has 3 rings (SSSR count). The van der Waals surface area contributed by atoms with Crippen molar-refractivity contribution in [3.05, 3.63) is 23.8 Å². The monoisotopic (exact) mass is 428 g/mol. The van der Waals surface area contributed by atoms with E-state index in [4.69, 9.17) is 15.2 Å². The minimum Gasteiger partial charge on any atom is -0.459 e. The van der Waals surface area contributed by atoms with Crippen LogP contribution in [0.3, 0.4) is 0 Å². The minimum atomic E-state index is -0.432. The molecule has 2 N–H and O–H groups in total. The predicted octanol–water partition coefficient (Wildman–Crippen LogP) is 3.18. The number of nitriles is 1. The fourth-order valence-corrected chi connectivity index (χ4v) is 4.32. The number of benzene rings is 1. The Morgan fingerprint density at radius 2 is 1.84 bits per heavy atom. The van der Waals surface area contributed by atoms with E-state index in [0.717, 1.165) is 64.2 Å². The van der Waals surface area contributed by atoms with Crippen LogP contribution in [0, 0.1) is 17.2 Å². The molecule has 0 aromatic heterocycles. The van der Waals surface area contributed by atoms with Gasteiger partial charge >= 0.3 is 5.97 Å². The van der Waals surface area contributed by atoms with Crippen molar-refractivity contribution in [1.29, 1.82) is 5.26 Å². The van der Waals surface area contributed by atoms with Crippen molar-refractivity contribution in [3.63, 3.8) is 0 Å². The molecule has 0 atom stereocenters. The fourth-order valence-electron chi connectivity index (χ4n) is 4.32. The van der Waals surface area contributed by atoms with Gasteiger partial charge in [0.15, 0.2) is 0 Å². The van der Waals surface area contributed by atoms with Crippen molar-refractivity contribution in [3.8, 4) is 6.07 Å².